The molecule has 33 heavy (non-hydrogen) atoms. The van der Waals surface area contributed by atoms with Gasteiger partial charge in [0.1, 0.15) is 23.5 Å². The molecule has 1 aliphatic rings. The van der Waals surface area contributed by atoms with E-state index >= 15 is 0 Å². The summed E-state index contributed by atoms with van der Waals surface area (Å²) < 4.78 is 22.5. The first-order valence-corrected chi connectivity index (χ1v) is 14.0. The molecule has 1 heterocycles. The molecule has 9 heteroatoms. The minimum absolute atomic E-state index is 0.0704. The molecular weight excluding hydrogens is 442 g/mol. The predicted molar refractivity (Wildman–Crippen MR) is 127 cm³/mol. The van der Waals surface area contributed by atoms with E-state index in [0.29, 0.717) is 11.3 Å². The number of aliphatic hydroxyl groups is 1. The molecule has 0 saturated carbocycles. The van der Waals surface area contributed by atoms with Gasteiger partial charge in [0, 0.05) is 12.0 Å². The number of likely N-dealkylation sites (tertiary alicyclic amines) is 1. The van der Waals surface area contributed by atoms with Crippen LogP contribution in [0.25, 0.3) is 0 Å². The number of benzene rings is 1. The highest BCUT2D eigenvalue weighted by Gasteiger charge is 2.61. The van der Waals surface area contributed by atoms with Crippen LogP contribution in [-0.2, 0) is 24.4 Å². The van der Waals surface area contributed by atoms with Crippen LogP contribution < -0.4 is 4.74 Å². The van der Waals surface area contributed by atoms with Crippen LogP contribution in [0.3, 0.4) is 0 Å². The first kappa shape index (κ1) is 27.1. The van der Waals surface area contributed by atoms with Crippen LogP contribution >= 0.6 is 0 Å². The summed E-state index contributed by atoms with van der Waals surface area (Å²) in [7, 11) is 0.388. The summed E-state index contributed by atoms with van der Waals surface area (Å²) in [4.78, 5) is 27.2. The molecule has 0 aliphatic carbocycles. The summed E-state index contributed by atoms with van der Waals surface area (Å²) >= 11 is 0. The maximum Gasteiger partial charge on any atom is 0.413 e. The average Bonchev–Trinajstić information content (AvgIpc) is 2.98. The van der Waals surface area contributed by atoms with Crippen molar-refractivity contribution in [3.05, 3.63) is 29.8 Å². The minimum Gasteiger partial charge on any atom is -0.497 e. The van der Waals surface area contributed by atoms with Crippen molar-refractivity contribution >= 4 is 20.4 Å². The SMILES string of the molecule is COC(=O)[C@@H]1CC(O[Si](C)(C)C(C)(C)C)C(O)(c2ccc(OC)cc2)N1C(=O)OC(C)(C)C. The maximum atomic E-state index is 13.4. The van der Waals surface area contributed by atoms with E-state index in [0.717, 1.165) is 4.90 Å². The Labute approximate surface area is 198 Å². The van der Waals surface area contributed by atoms with Gasteiger partial charge < -0.3 is 23.7 Å². The van der Waals surface area contributed by atoms with Crippen LogP contribution in [0.4, 0.5) is 4.79 Å². The second kappa shape index (κ2) is 9.27. The Hall–Kier alpha value is -2.10. The smallest absolute Gasteiger partial charge is 0.413 e. The Morgan fingerprint density at radius 1 is 1.06 bits per heavy atom. The van der Waals surface area contributed by atoms with Crippen LogP contribution in [0.5, 0.6) is 5.75 Å². The van der Waals surface area contributed by atoms with Crippen molar-refractivity contribution < 1.29 is 33.3 Å². The van der Waals surface area contributed by atoms with Crippen molar-refractivity contribution in [2.75, 3.05) is 14.2 Å². The fraction of sp³-hybridized carbons (Fsp3) is 0.667. The molecule has 2 rings (SSSR count). The van der Waals surface area contributed by atoms with Crippen molar-refractivity contribution in [3.63, 3.8) is 0 Å². The van der Waals surface area contributed by atoms with Crippen LogP contribution in [-0.4, -0.2) is 62.4 Å². The summed E-state index contributed by atoms with van der Waals surface area (Å²) in [5, 5.41) is 12.1. The summed E-state index contributed by atoms with van der Waals surface area (Å²) in [6, 6.07) is 5.63. The first-order chi connectivity index (χ1) is 15.0. The van der Waals surface area contributed by atoms with Gasteiger partial charge in [0.25, 0.3) is 0 Å². The number of hydrogen-bond acceptors (Lipinski definition) is 7. The zero-order chi connectivity index (χ0) is 25.4. The lowest BCUT2D eigenvalue weighted by Crippen LogP contribution is -2.57. The van der Waals surface area contributed by atoms with Gasteiger partial charge in [0.2, 0.25) is 0 Å². The van der Waals surface area contributed by atoms with Gasteiger partial charge in [-0.2, -0.15) is 0 Å². The van der Waals surface area contributed by atoms with Gasteiger partial charge in [0.15, 0.2) is 14.0 Å². The highest BCUT2D eigenvalue weighted by Crippen LogP contribution is 2.47. The van der Waals surface area contributed by atoms with Crippen LogP contribution in [0.1, 0.15) is 53.5 Å². The molecule has 0 bridgehead atoms. The van der Waals surface area contributed by atoms with E-state index in [1.54, 1.807) is 52.1 Å². The zero-order valence-electron chi connectivity index (χ0n) is 21.5. The van der Waals surface area contributed by atoms with Gasteiger partial charge in [-0.3, -0.25) is 4.90 Å². The number of carbonyl (C=O) groups excluding carboxylic acids is 2. The summed E-state index contributed by atoms with van der Waals surface area (Å²) in [6.07, 6.45) is -1.62. The minimum atomic E-state index is -2.41. The topological polar surface area (TPSA) is 94.5 Å². The Morgan fingerprint density at radius 2 is 1.61 bits per heavy atom. The van der Waals surface area contributed by atoms with Crippen molar-refractivity contribution in [3.8, 4) is 5.75 Å². The Bertz CT molecular complexity index is 857. The molecule has 2 unspecified atom stereocenters. The van der Waals surface area contributed by atoms with Crippen molar-refractivity contribution in [1.82, 2.24) is 4.90 Å². The Morgan fingerprint density at radius 3 is 2.03 bits per heavy atom. The second-order valence-electron chi connectivity index (χ2n) is 10.9. The van der Waals surface area contributed by atoms with Gasteiger partial charge >= 0.3 is 12.1 Å². The standard InChI is InChI=1S/C24H39NO7Si/c1-22(2,3)31-21(27)25-18(20(26)30-8)15-19(32-33(9,10)23(4,5)6)24(25,28)16-11-13-17(29-7)14-12-16/h11-14,18-19,28H,15H2,1-10H3/t18-,19?,24?/m0/s1. The molecule has 1 aromatic rings. The fourth-order valence-electron chi connectivity index (χ4n) is 3.60. The third-order valence-electron chi connectivity index (χ3n) is 6.39. The van der Waals surface area contributed by atoms with E-state index in [2.05, 4.69) is 33.9 Å². The van der Waals surface area contributed by atoms with Gasteiger partial charge in [-0.05, 0) is 51.0 Å². The van der Waals surface area contributed by atoms with E-state index in [9.17, 15) is 14.7 Å². The summed E-state index contributed by atoms with van der Waals surface area (Å²) in [6.45, 7) is 15.6. The molecule has 3 atom stereocenters. The van der Waals surface area contributed by atoms with Crippen molar-refractivity contribution in [2.45, 2.75) is 89.6 Å². The number of nitrogens with zero attached hydrogens (tertiary/aromatic N) is 1. The van der Waals surface area contributed by atoms with Gasteiger partial charge in [-0.25, -0.2) is 9.59 Å². The molecule has 1 aliphatic heterocycles. The highest BCUT2D eigenvalue weighted by molar-refractivity contribution is 6.74. The molecule has 1 N–H and O–H groups in total. The van der Waals surface area contributed by atoms with E-state index in [1.807, 2.05) is 0 Å². The normalized spacial score (nSPS) is 23.9. The van der Waals surface area contributed by atoms with E-state index in [4.69, 9.17) is 18.6 Å². The van der Waals surface area contributed by atoms with Gasteiger partial charge in [0.05, 0.1) is 14.2 Å². The predicted octanol–water partition coefficient (Wildman–Crippen LogP) is 4.41. The number of carbonyl (C=O) groups is 2. The number of methoxy groups -OCH3 is 2. The highest BCUT2D eigenvalue weighted by atomic mass is 28.4. The molecule has 1 saturated heterocycles. The number of ether oxygens (including phenoxy) is 3. The lowest BCUT2D eigenvalue weighted by molar-refractivity contribution is -0.162. The Balaban J connectivity index is 2.68. The molecule has 0 aromatic heterocycles. The zero-order valence-corrected chi connectivity index (χ0v) is 22.5. The van der Waals surface area contributed by atoms with Gasteiger partial charge in [-0.15, -0.1) is 0 Å². The van der Waals surface area contributed by atoms with Gasteiger partial charge in [-0.1, -0.05) is 32.9 Å². The quantitative estimate of drug-likeness (QED) is 0.492. The molecule has 0 radical (unpaired) electrons. The fourth-order valence-corrected chi connectivity index (χ4v) is 4.93. The third kappa shape index (κ3) is 5.52. The largest absolute Gasteiger partial charge is 0.497 e. The molecule has 1 amide bonds. The Kier molecular flexibility index (Phi) is 7.62. The van der Waals surface area contributed by atoms with E-state index in [-0.39, 0.29) is 11.5 Å². The van der Waals surface area contributed by atoms with Crippen molar-refractivity contribution in [1.29, 1.82) is 0 Å². The lowest BCUT2D eigenvalue weighted by atomic mass is 9.97. The molecule has 8 nitrogen and oxygen atoms in total. The molecule has 0 spiro atoms. The monoisotopic (exact) mass is 481 g/mol. The first-order valence-electron chi connectivity index (χ1n) is 11.1. The third-order valence-corrected chi connectivity index (χ3v) is 10.9. The molecule has 1 fully saturated rings. The molecular formula is C24H39NO7Si. The number of esters is 1. The lowest BCUT2D eigenvalue weighted by Gasteiger charge is -2.44. The summed E-state index contributed by atoms with van der Waals surface area (Å²) in [5.41, 5.74) is -2.40. The van der Waals surface area contributed by atoms with E-state index < -0.39 is 43.9 Å². The van der Waals surface area contributed by atoms with Crippen LogP contribution in [0, 0.1) is 0 Å². The molecule has 186 valence electrons. The number of amides is 1. The number of hydrogen-bond donors (Lipinski definition) is 1. The van der Waals surface area contributed by atoms with Crippen LogP contribution in [0.15, 0.2) is 24.3 Å². The maximum absolute atomic E-state index is 13.4. The molecule has 1 aromatic carbocycles. The second-order valence-corrected chi connectivity index (χ2v) is 15.7. The van der Waals surface area contributed by atoms with Crippen molar-refractivity contribution in [2.24, 2.45) is 0 Å². The van der Waals surface area contributed by atoms with E-state index in [1.165, 1.54) is 7.11 Å². The summed E-state index contributed by atoms with van der Waals surface area (Å²) in [5.74, 6) is -0.0512. The van der Waals surface area contributed by atoms with Crippen LogP contribution in [0.2, 0.25) is 18.1 Å². The number of rotatable bonds is 5. The average molecular weight is 482 g/mol.